The van der Waals surface area contributed by atoms with E-state index >= 15 is 0 Å². The number of carbonyl (C=O) groups excluding carboxylic acids is 1. The Labute approximate surface area is 284 Å². The van der Waals surface area contributed by atoms with E-state index in [4.69, 9.17) is 4.98 Å². The van der Waals surface area contributed by atoms with Crippen molar-refractivity contribution in [1.82, 2.24) is 30.0 Å². The number of nitriles is 1. The summed E-state index contributed by atoms with van der Waals surface area (Å²) in [5.41, 5.74) is 4.21. The summed E-state index contributed by atoms with van der Waals surface area (Å²) in [6.07, 6.45) is 9.98. The van der Waals surface area contributed by atoms with Crippen molar-refractivity contribution in [2.24, 2.45) is 18.9 Å². The van der Waals surface area contributed by atoms with Gasteiger partial charge in [-0.3, -0.25) is 10.00 Å². The Morgan fingerprint density at radius 1 is 1.04 bits per heavy atom. The van der Waals surface area contributed by atoms with Gasteiger partial charge in [-0.25, -0.2) is 18.6 Å². The van der Waals surface area contributed by atoms with Crippen LogP contribution < -0.4 is 15.5 Å². The maximum absolute atomic E-state index is 13.9. The lowest BCUT2D eigenvalue weighted by Crippen LogP contribution is -2.40. The molecule has 0 radical (unpaired) electrons. The number of nitrogens with one attached hydrogen (secondary N) is 2. The van der Waals surface area contributed by atoms with Crippen molar-refractivity contribution in [3.8, 4) is 17.2 Å². The average Bonchev–Trinajstić information content (AvgIpc) is 3.57. The summed E-state index contributed by atoms with van der Waals surface area (Å²) in [5, 5.41) is 20.2. The Hall–Kier alpha value is -5.25. The molecule has 2 amide bonds. The van der Waals surface area contributed by atoms with Gasteiger partial charge in [-0.2, -0.15) is 19.9 Å². The van der Waals surface area contributed by atoms with E-state index in [1.807, 2.05) is 55.7 Å². The predicted octanol–water partition coefficient (Wildman–Crippen LogP) is 6.31. The fourth-order valence-corrected chi connectivity index (χ4v) is 6.51. The third-order valence-corrected chi connectivity index (χ3v) is 9.16. The summed E-state index contributed by atoms with van der Waals surface area (Å²) in [6.45, 7) is 3.39. The second-order valence-corrected chi connectivity index (χ2v) is 12.7. The number of benzene rings is 1. The molecule has 2 atom stereocenters. The van der Waals surface area contributed by atoms with E-state index in [9.17, 15) is 18.8 Å². The summed E-state index contributed by atoms with van der Waals surface area (Å²) in [5.74, 6) is -0.919. The van der Waals surface area contributed by atoms with Crippen molar-refractivity contribution in [2.45, 2.75) is 57.9 Å². The minimum atomic E-state index is -2.69. The number of hydrogen-bond acceptors (Lipinski definition) is 8. The van der Waals surface area contributed by atoms with E-state index in [0.717, 1.165) is 48.1 Å². The zero-order valence-corrected chi connectivity index (χ0v) is 27.8. The van der Waals surface area contributed by atoms with Crippen LogP contribution in [-0.2, 0) is 13.6 Å². The van der Waals surface area contributed by atoms with Gasteiger partial charge in [0.15, 0.2) is 5.82 Å². The molecule has 2 unspecified atom stereocenters. The molecular weight excluding hydrogens is 626 g/mol. The molecule has 4 aromatic rings. The van der Waals surface area contributed by atoms with Gasteiger partial charge in [-0.1, -0.05) is 43.7 Å². The molecule has 2 N–H and O–H groups in total. The van der Waals surface area contributed by atoms with Crippen molar-refractivity contribution in [3.05, 3.63) is 78.4 Å². The number of hydrogen-bond donors (Lipinski definition) is 2. The smallest absolute Gasteiger partial charge is 0.355 e. The van der Waals surface area contributed by atoms with Crippen LogP contribution in [0.3, 0.4) is 0 Å². The maximum atomic E-state index is 13.9. The minimum absolute atomic E-state index is 0.133. The fraction of sp³-hybridized carbons (Fsp3) is 0.417. The van der Waals surface area contributed by atoms with Crippen molar-refractivity contribution in [2.75, 3.05) is 29.9 Å². The van der Waals surface area contributed by atoms with E-state index < -0.39 is 5.92 Å². The van der Waals surface area contributed by atoms with Gasteiger partial charge >= 0.3 is 6.03 Å². The number of carbonyl (C=O) groups is 1. The normalized spacial score (nSPS) is 19.2. The Balaban J connectivity index is 1.17. The van der Waals surface area contributed by atoms with Gasteiger partial charge in [0, 0.05) is 74.7 Å². The number of nitrogens with zero attached hydrogens (tertiary/aromatic N) is 8. The molecular formula is C36H41F2N10O+. The molecule has 3 aromatic heterocycles. The third-order valence-electron chi connectivity index (χ3n) is 9.16. The zero-order chi connectivity index (χ0) is 34.4. The highest BCUT2D eigenvalue weighted by molar-refractivity contribution is 6.03. The summed E-state index contributed by atoms with van der Waals surface area (Å²) < 4.78 is 31.0. The summed E-state index contributed by atoms with van der Waals surface area (Å²) >= 11 is 0. The number of halogens is 2. The van der Waals surface area contributed by atoms with Gasteiger partial charge in [-0.15, -0.1) is 4.98 Å². The summed E-state index contributed by atoms with van der Waals surface area (Å²) in [4.78, 5) is 29.2. The van der Waals surface area contributed by atoms with Crippen molar-refractivity contribution in [3.63, 3.8) is 0 Å². The fourth-order valence-electron chi connectivity index (χ4n) is 6.51. The van der Waals surface area contributed by atoms with Crippen LogP contribution in [0.25, 0.3) is 11.1 Å². The predicted molar refractivity (Wildman–Crippen MR) is 183 cm³/mol. The summed E-state index contributed by atoms with van der Waals surface area (Å²) in [6, 6.07) is 15.5. The molecule has 1 aliphatic heterocycles. The Kier molecular flexibility index (Phi) is 10.2. The zero-order valence-electron chi connectivity index (χ0n) is 27.8. The largest absolute Gasteiger partial charge is 0.441 e. The van der Waals surface area contributed by atoms with Gasteiger partial charge in [0.2, 0.25) is 5.95 Å². The molecule has 2 fully saturated rings. The van der Waals surface area contributed by atoms with Gasteiger partial charge in [0.1, 0.15) is 17.8 Å². The standard InChI is InChI=1S/C36H40F2N10O/c1-3-8-29-30(11-7-16-40-34-42-22-27(19-39)33(45-34)47-17-14-36(37,38)15-18-47)32(29)48(35(49)43-20-25-9-5-4-6-10-25)31-13-12-26(21-41-31)28-23-44-46(2)24-28/h4-6,9-10,12-13,21-24,29-30H,3,7-8,11,14-18,20H2,1-2H3,(H-,40,42,43,45,49)/p+1/b48-32-. The van der Waals surface area contributed by atoms with E-state index in [1.54, 1.807) is 26.6 Å². The lowest BCUT2D eigenvalue weighted by atomic mass is 10.1. The maximum Gasteiger partial charge on any atom is 0.441 e. The van der Waals surface area contributed by atoms with E-state index in [1.165, 1.54) is 6.20 Å². The van der Waals surface area contributed by atoms with Gasteiger partial charge in [0.25, 0.3) is 11.7 Å². The number of alkyl halides is 2. The highest BCUT2D eigenvalue weighted by Crippen LogP contribution is 2.43. The van der Waals surface area contributed by atoms with Crippen LogP contribution in [0.5, 0.6) is 0 Å². The Morgan fingerprint density at radius 3 is 2.49 bits per heavy atom. The molecule has 11 nitrogen and oxygen atoms in total. The number of piperidine rings is 1. The number of rotatable bonds is 12. The average molecular weight is 668 g/mol. The molecule has 49 heavy (non-hydrogen) atoms. The van der Waals surface area contributed by atoms with Gasteiger partial charge < -0.3 is 10.2 Å². The van der Waals surface area contributed by atoms with Crippen LogP contribution in [0.2, 0.25) is 0 Å². The number of aryl methyl sites for hydroxylation is 1. The first-order valence-electron chi connectivity index (χ1n) is 16.8. The Bertz CT molecular complexity index is 1820. The minimum Gasteiger partial charge on any atom is -0.355 e. The van der Waals surface area contributed by atoms with Crippen LogP contribution in [0, 0.1) is 23.2 Å². The number of amides is 2. The van der Waals surface area contributed by atoms with Crippen molar-refractivity contribution < 1.29 is 18.2 Å². The molecule has 0 bridgehead atoms. The first-order chi connectivity index (χ1) is 23.8. The third kappa shape index (κ3) is 8.08. The molecule has 13 heteroatoms. The quantitative estimate of drug-likeness (QED) is 0.133. The summed E-state index contributed by atoms with van der Waals surface area (Å²) in [7, 11) is 1.87. The van der Waals surface area contributed by atoms with E-state index in [2.05, 4.69) is 38.7 Å². The van der Waals surface area contributed by atoms with Crippen molar-refractivity contribution in [1.29, 1.82) is 5.26 Å². The van der Waals surface area contributed by atoms with Gasteiger partial charge in [-0.05, 0) is 30.9 Å². The molecule has 254 valence electrons. The molecule has 0 spiro atoms. The lowest BCUT2D eigenvalue weighted by Gasteiger charge is -2.32. The molecule has 1 saturated heterocycles. The van der Waals surface area contributed by atoms with Crippen LogP contribution in [0.4, 0.5) is 31.2 Å². The molecule has 4 heterocycles. The number of pyridine rings is 1. The molecule has 1 aliphatic carbocycles. The molecule has 1 saturated carbocycles. The SMILES string of the molecule is CCCC1/C(=[N+](/C(=O)NCc2ccccc2)c2ccc(-c3cnn(C)c3)cn2)C1CCCNc1ncc(C#N)c(N2CCC(F)(F)CC2)n1. The number of urea groups is 1. The van der Waals surface area contributed by atoms with Crippen molar-refractivity contribution >= 4 is 29.3 Å². The number of anilines is 2. The van der Waals surface area contributed by atoms with E-state index in [0.29, 0.717) is 30.7 Å². The molecule has 2 aliphatic rings. The van der Waals surface area contributed by atoms with Crippen LogP contribution in [0.1, 0.15) is 56.6 Å². The highest BCUT2D eigenvalue weighted by atomic mass is 19.3. The molecule has 1 aromatic carbocycles. The Morgan fingerprint density at radius 2 is 1.82 bits per heavy atom. The number of aromatic nitrogens is 5. The lowest BCUT2D eigenvalue weighted by molar-refractivity contribution is -0.337. The first-order valence-corrected chi connectivity index (χ1v) is 16.8. The highest BCUT2D eigenvalue weighted by Gasteiger charge is 2.50. The second-order valence-electron chi connectivity index (χ2n) is 12.7. The van der Waals surface area contributed by atoms with Crippen LogP contribution in [-0.4, -0.2) is 66.6 Å². The molecule has 6 rings (SSSR count). The van der Waals surface area contributed by atoms with Crippen LogP contribution in [0.15, 0.2) is 67.3 Å². The van der Waals surface area contributed by atoms with Crippen LogP contribution >= 0.6 is 0 Å². The topological polar surface area (TPSA) is 128 Å². The second kappa shape index (κ2) is 14.9. The first kappa shape index (κ1) is 33.6. The van der Waals surface area contributed by atoms with E-state index in [-0.39, 0.29) is 49.4 Å². The van der Waals surface area contributed by atoms with Gasteiger partial charge in [0.05, 0.1) is 24.7 Å². The monoisotopic (exact) mass is 667 g/mol.